The minimum Gasteiger partial charge on any atom is -0.496 e. The van der Waals surface area contributed by atoms with Crippen LogP contribution in [0.1, 0.15) is 30.5 Å². The first-order valence-electron chi connectivity index (χ1n) is 5.96. The van der Waals surface area contributed by atoms with Crippen molar-refractivity contribution in [3.63, 3.8) is 0 Å². The van der Waals surface area contributed by atoms with Crippen molar-refractivity contribution in [1.82, 2.24) is 0 Å². The van der Waals surface area contributed by atoms with Gasteiger partial charge in [0.1, 0.15) is 11.3 Å². The van der Waals surface area contributed by atoms with Crippen LogP contribution in [-0.4, -0.2) is 19.7 Å². The molecule has 4 heteroatoms. The fourth-order valence-electron chi connectivity index (χ4n) is 2.00. The van der Waals surface area contributed by atoms with Crippen LogP contribution in [0.15, 0.2) is 12.1 Å². The zero-order chi connectivity index (χ0) is 13.9. The number of nitrogens with two attached hydrogens (primary N) is 1. The number of carbonyl (C=O) groups excluding carboxylic acids is 1. The SMILES string of the molecule is CCOC(=O)C(C)(N)c1cc(C)cc(C)c1OC. The van der Waals surface area contributed by atoms with Crippen molar-refractivity contribution >= 4 is 5.97 Å². The smallest absolute Gasteiger partial charge is 0.330 e. The monoisotopic (exact) mass is 251 g/mol. The van der Waals surface area contributed by atoms with Gasteiger partial charge < -0.3 is 15.2 Å². The Morgan fingerprint density at radius 1 is 1.39 bits per heavy atom. The van der Waals surface area contributed by atoms with Gasteiger partial charge in [-0.05, 0) is 39.3 Å². The fourth-order valence-corrected chi connectivity index (χ4v) is 2.00. The predicted molar refractivity (Wildman–Crippen MR) is 70.6 cm³/mol. The summed E-state index contributed by atoms with van der Waals surface area (Å²) in [5.41, 5.74) is 7.55. The van der Waals surface area contributed by atoms with Gasteiger partial charge in [-0.3, -0.25) is 0 Å². The molecule has 0 radical (unpaired) electrons. The van der Waals surface area contributed by atoms with E-state index >= 15 is 0 Å². The van der Waals surface area contributed by atoms with E-state index in [2.05, 4.69) is 0 Å². The molecule has 0 fully saturated rings. The largest absolute Gasteiger partial charge is 0.496 e. The van der Waals surface area contributed by atoms with Crippen molar-refractivity contribution in [3.8, 4) is 5.75 Å². The van der Waals surface area contributed by atoms with Crippen LogP contribution in [0.3, 0.4) is 0 Å². The molecule has 18 heavy (non-hydrogen) atoms. The van der Waals surface area contributed by atoms with Gasteiger partial charge in [0.25, 0.3) is 0 Å². The number of hydrogen-bond acceptors (Lipinski definition) is 4. The van der Waals surface area contributed by atoms with E-state index in [1.54, 1.807) is 21.0 Å². The molecule has 0 aliphatic heterocycles. The van der Waals surface area contributed by atoms with Gasteiger partial charge in [-0.15, -0.1) is 0 Å². The summed E-state index contributed by atoms with van der Waals surface area (Å²) in [5.74, 6) is 0.187. The molecule has 0 aliphatic carbocycles. The number of carbonyl (C=O) groups is 1. The van der Waals surface area contributed by atoms with Crippen molar-refractivity contribution in [2.75, 3.05) is 13.7 Å². The molecule has 1 aromatic carbocycles. The Bertz CT molecular complexity index is 453. The molecule has 1 atom stereocenters. The van der Waals surface area contributed by atoms with Gasteiger partial charge in [0.15, 0.2) is 0 Å². The van der Waals surface area contributed by atoms with Crippen LogP contribution >= 0.6 is 0 Å². The van der Waals surface area contributed by atoms with Crippen LogP contribution < -0.4 is 10.5 Å². The zero-order valence-electron chi connectivity index (χ0n) is 11.7. The number of aryl methyl sites for hydroxylation is 2. The van der Waals surface area contributed by atoms with E-state index in [0.717, 1.165) is 11.1 Å². The van der Waals surface area contributed by atoms with E-state index in [9.17, 15) is 4.79 Å². The highest BCUT2D eigenvalue weighted by Gasteiger charge is 2.35. The minimum atomic E-state index is -1.21. The van der Waals surface area contributed by atoms with Crippen LogP contribution in [0, 0.1) is 13.8 Å². The summed E-state index contributed by atoms with van der Waals surface area (Å²) in [6, 6.07) is 3.85. The van der Waals surface area contributed by atoms with Gasteiger partial charge in [-0.1, -0.05) is 11.6 Å². The molecule has 1 rings (SSSR count). The average Bonchev–Trinajstić information content (AvgIpc) is 2.28. The lowest BCUT2D eigenvalue weighted by Crippen LogP contribution is -2.43. The zero-order valence-corrected chi connectivity index (χ0v) is 11.7. The summed E-state index contributed by atoms with van der Waals surface area (Å²) in [6.07, 6.45) is 0. The van der Waals surface area contributed by atoms with Crippen molar-refractivity contribution < 1.29 is 14.3 Å². The fraction of sp³-hybridized carbons (Fsp3) is 0.500. The first-order valence-corrected chi connectivity index (χ1v) is 5.96. The lowest BCUT2D eigenvalue weighted by molar-refractivity contribution is -0.149. The standard InChI is InChI=1S/C14H21NO3/c1-6-18-13(16)14(4,15)11-8-9(2)7-10(3)12(11)17-5/h7-8H,6,15H2,1-5H3. The lowest BCUT2D eigenvalue weighted by Gasteiger charge is -2.26. The summed E-state index contributed by atoms with van der Waals surface area (Å²) in [6.45, 7) is 7.58. The number of methoxy groups -OCH3 is 1. The van der Waals surface area contributed by atoms with Gasteiger partial charge >= 0.3 is 5.97 Å². The normalized spacial score (nSPS) is 13.9. The van der Waals surface area contributed by atoms with E-state index in [1.807, 2.05) is 26.0 Å². The topological polar surface area (TPSA) is 61.5 Å². The Balaban J connectivity index is 3.34. The maximum atomic E-state index is 12.0. The molecule has 0 heterocycles. The molecule has 0 saturated carbocycles. The highest BCUT2D eigenvalue weighted by atomic mass is 16.5. The molecule has 0 saturated heterocycles. The van der Waals surface area contributed by atoms with Gasteiger partial charge in [0.05, 0.1) is 13.7 Å². The summed E-state index contributed by atoms with van der Waals surface area (Å²) in [7, 11) is 1.57. The summed E-state index contributed by atoms with van der Waals surface area (Å²) < 4.78 is 10.4. The molecule has 100 valence electrons. The number of esters is 1. The number of hydrogen-bond donors (Lipinski definition) is 1. The molecular weight excluding hydrogens is 230 g/mol. The Labute approximate surface area is 108 Å². The molecule has 0 bridgehead atoms. The lowest BCUT2D eigenvalue weighted by atomic mass is 9.89. The molecule has 0 amide bonds. The Kier molecular flexibility index (Phi) is 4.35. The molecule has 0 aromatic heterocycles. The van der Waals surface area contributed by atoms with Crippen LogP contribution in [0.25, 0.3) is 0 Å². The van der Waals surface area contributed by atoms with Crippen LogP contribution in [0.5, 0.6) is 5.75 Å². The van der Waals surface area contributed by atoms with Crippen LogP contribution in [0.2, 0.25) is 0 Å². The molecule has 4 nitrogen and oxygen atoms in total. The molecule has 2 N–H and O–H groups in total. The van der Waals surface area contributed by atoms with Crippen molar-refractivity contribution in [2.45, 2.75) is 33.2 Å². The maximum absolute atomic E-state index is 12.0. The second kappa shape index (κ2) is 5.40. The third-order valence-corrected chi connectivity index (χ3v) is 2.88. The summed E-state index contributed by atoms with van der Waals surface area (Å²) in [5, 5.41) is 0. The van der Waals surface area contributed by atoms with Gasteiger partial charge in [-0.25, -0.2) is 4.79 Å². The van der Waals surface area contributed by atoms with Crippen LogP contribution in [0.4, 0.5) is 0 Å². The molecule has 1 aromatic rings. The first-order chi connectivity index (χ1) is 8.34. The number of ether oxygens (including phenoxy) is 2. The van der Waals surface area contributed by atoms with Gasteiger partial charge in [0, 0.05) is 5.56 Å². The van der Waals surface area contributed by atoms with Crippen molar-refractivity contribution in [2.24, 2.45) is 5.73 Å². The second-order valence-corrected chi connectivity index (χ2v) is 4.59. The van der Waals surface area contributed by atoms with E-state index in [0.29, 0.717) is 17.9 Å². The van der Waals surface area contributed by atoms with Crippen molar-refractivity contribution in [1.29, 1.82) is 0 Å². The first kappa shape index (κ1) is 14.5. The second-order valence-electron chi connectivity index (χ2n) is 4.59. The molecular formula is C14H21NO3. The Hall–Kier alpha value is -1.55. The van der Waals surface area contributed by atoms with Crippen LogP contribution in [-0.2, 0) is 15.1 Å². The van der Waals surface area contributed by atoms with E-state index in [1.165, 1.54) is 0 Å². The van der Waals surface area contributed by atoms with E-state index < -0.39 is 11.5 Å². The quantitative estimate of drug-likeness (QED) is 0.832. The highest BCUT2D eigenvalue weighted by molar-refractivity contribution is 5.83. The third-order valence-electron chi connectivity index (χ3n) is 2.88. The molecule has 1 unspecified atom stereocenters. The average molecular weight is 251 g/mol. The van der Waals surface area contributed by atoms with Gasteiger partial charge in [-0.2, -0.15) is 0 Å². The Morgan fingerprint density at radius 3 is 2.50 bits per heavy atom. The number of benzene rings is 1. The minimum absolute atomic E-state index is 0.304. The number of rotatable bonds is 4. The predicted octanol–water partition coefficient (Wildman–Crippen LogP) is 2.05. The van der Waals surface area contributed by atoms with Crippen molar-refractivity contribution in [3.05, 3.63) is 28.8 Å². The van der Waals surface area contributed by atoms with E-state index in [4.69, 9.17) is 15.2 Å². The van der Waals surface area contributed by atoms with Gasteiger partial charge in [0.2, 0.25) is 0 Å². The summed E-state index contributed by atoms with van der Waals surface area (Å²) >= 11 is 0. The van der Waals surface area contributed by atoms with E-state index in [-0.39, 0.29) is 0 Å². The summed E-state index contributed by atoms with van der Waals surface area (Å²) in [4.78, 5) is 12.0. The Morgan fingerprint density at radius 2 is 2.00 bits per heavy atom. The molecule has 0 spiro atoms. The third kappa shape index (κ3) is 2.64. The highest BCUT2D eigenvalue weighted by Crippen LogP contribution is 2.33. The molecule has 0 aliphatic rings. The maximum Gasteiger partial charge on any atom is 0.330 e.